The van der Waals surface area contributed by atoms with Crippen LogP contribution in [-0.2, 0) is 77.6 Å². The number of carbonyl (C=O) groups excluding carboxylic acids is 6. The van der Waals surface area contributed by atoms with Crippen molar-refractivity contribution < 1.29 is 38.2 Å². The minimum atomic E-state index is -0.730. The van der Waals surface area contributed by atoms with Gasteiger partial charge in [0.15, 0.2) is 0 Å². The van der Waals surface area contributed by atoms with E-state index < -0.39 is 36.0 Å². The number of nitrogens with two attached hydrogens (primary N) is 1. The summed E-state index contributed by atoms with van der Waals surface area (Å²) < 4.78 is 14.8. The molecule has 6 amide bonds. The van der Waals surface area contributed by atoms with Gasteiger partial charge in [-0.25, -0.2) is 4.79 Å². The number of ether oxygens (including phenoxy) is 2. The van der Waals surface area contributed by atoms with Gasteiger partial charge in [-0.05, 0) is 98.2 Å². The lowest BCUT2D eigenvalue weighted by Gasteiger charge is -2.29. The van der Waals surface area contributed by atoms with Gasteiger partial charge in [0.1, 0.15) is 18.7 Å². The van der Waals surface area contributed by atoms with Crippen LogP contribution in [0.1, 0.15) is 92.1 Å². The molecule has 3 aliphatic heterocycles. The molecular weight excluding hydrogens is 807 g/mol. The zero-order valence-electron chi connectivity index (χ0n) is 36.0. The van der Waals surface area contributed by atoms with E-state index in [-0.39, 0.29) is 55.2 Å². The van der Waals surface area contributed by atoms with Crippen LogP contribution >= 0.6 is 0 Å². The summed E-state index contributed by atoms with van der Waals surface area (Å²) >= 11 is 0. The van der Waals surface area contributed by atoms with Gasteiger partial charge in [-0.2, -0.15) is 0 Å². The first-order chi connectivity index (χ1) is 30.4. The molecule has 1 fully saturated rings. The lowest BCUT2D eigenvalue weighted by molar-refractivity contribution is -0.136. The fourth-order valence-corrected chi connectivity index (χ4v) is 8.89. The number of nitrogens with one attached hydrogen (secondary N) is 3. The van der Waals surface area contributed by atoms with E-state index in [9.17, 15) is 33.6 Å². The topological polar surface area (TPSA) is 213 Å². The molecule has 1 aromatic heterocycles. The van der Waals surface area contributed by atoms with Crippen LogP contribution in [0.3, 0.4) is 0 Å². The van der Waals surface area contributed by atoms with Crippen LogP contribution in [0, 0.1) is 0 Å². The second-order valence-electron chi connectivity index (χ2n) is 16.8. The minimum absolute atomic E-state index is 0.0453. The number of benzene rings is 3. The molecule has 3 aromatic carbocycles. The van der Waals surface area contributed by atoms with Crippen molar-refractivity contribution in [3.63, 3.8) is 0 Å². The Bertz CT molecular complexity index is 2420. The number of rotatable bonds is 20. The monoisotopic (exact) mass is 863 g/mol. The van der Waals surface area contributed by atoms with Gasteiger partial charge in [0.2, 0.25) is 35.4 Å². The van der Waals surface area contributed by atoms with Gasteiger partial charge in [-0.15, -0.1) is 0 Å². The summed E-state index contributed by atoms with van der Waals surface area (Å²) in [7, 11) is 1.66. The first kappa shape index (κ1) is 44.9. The van der Waals surface area contributed by atoms with Crippen molar-refractivity contribution >= 4 is 52.2 Å². The molecule has 0 bridgehead atoms. The molecule has 3 aliphatic rings. The molecule has 334 valence electrons. The average molecular weight is 864 g/mol. The van der Waals surface area contributed by atoms with Gasteiger partial charge >= 0.3 is 5.69 Å². The minimum Gasteiger partial charge on any atom is -0.372 e. The number of piperidine rings is 1. The quantitative estimate of drug-likeness (QED) is 0.0759. The van der Waals surface area contributed by atoms with Crippen molar-refractivity contribution in [3.8, 4) is 0 Å². The number of para-hydroxylation sites is 1. The number of amides is 6. The molecule has 4 aromatic rings. The third-order valence-electron chi connectivity index (χ3n) is 12.3. The molecule has 7 rings (SSSR count). The van der Waals surface area contributed by atoms with Crippen molar-refractivity contribution in [2.45, 2.75) is 115 Å². The number of imidazole rings is 1. The Hall–Kier alpha value is -6.13. The van der Waals surface area contributed by atoms with E-state index in [1.54, 1.807) is 11.9 Å². The van der Waals surface area contributed by atoms with Gasteiger partial charge in [-0.3, -0.25) is 48.1 Å². The van der Waals surface area contributed by atoms with Crippen molar-refractivity contribution in [2.24, 2.45) is 12.8 Å². The molecule has 0 saturated carbocycles. The van der Waals surface area contributed by atoms with Crippen LogP contribution in [-0.4, -0.2) is 82.5 Å². The van der Waals surface area contributed by atoms with Crippen molar-refractivity contribution in [2.75, 3.05) is 24.7 Å². The van der Waals surface area contributed by atoms with Crippen LogP contribution in [0.5, 0.6) is 0 Å². The van der Waals surface area contributed by atoms with Crippen LogP contribution in [0.4, 0.5) is 5.69 Å². The molecule has 0 aliphatic carbocycles. The lowest BCUT2D eigenvalue weighted by Crippen LogP contribution is -2.53. The molecule has 5 N–H and O–H groups in total. The SMILES string of the molecule is C[C@@H](OCc1ccc(CCCNC(=O)COCCCc2ccc3c(c2)n(C)c(=O)n3C2CCC(=O)NC2=O)cc1)[C@H](CCC(N)=O)NC(=O)[C@@H]1Cc2cccc3c2N1C(=O)CCC3. The number of hydrogen-bond donors (Lipinski definition) is 4. The van der Waals surface area contributed by atoms with Crippen LogP contribution in [0.2, 0.25) is 0 Å². The molecule has 1 saturated heterocycles. The highest BCUT2D eigenvalue weighted by Crippen LogP contribution is 2.39. The first-order valence-corrected chi connectivity index (χ1v) is 22.0. The molecular formula is C47H57N7O9. The highest BCUT2D eigenvalue weighted by Gasteiger charge is 2.41. The first-order valence-electron chi connectivity index (χ1n) is 22.0. The zero-order chi connectivity index (χ0) is 44.6. The summed E-state index contributed by atoms with van der Waals surface area (Å²) in [5, 5.41) is 8.32. The highest BCUT2D eigenvalue weighted by molar-refractivity contribution is 6.05. The number of hydrogen-bond acceptors (Lipinski definition) is 9. The maximum absolute atomic E-state index is 13.8. The van der Waals surface area contributed by atoms with E-state index in [1.165, 1.54) is 9.13 Å². The summed E-state index contributed by atoms with van der Waals surface area (Å²) in [5.41, 5.74) is 12.5. The number of imide groups is 1. The molecule has 0 spiro atoms. The molecule has 16 heteroatoms. The van der Waals surface area contributed by atoms with E-state index in [2.05, 4.69) is 16.0 Å². The largest absolute Gasteiger partial charge is 0.372 e. The Kier molecular flexibility index (Phi) is 14.5. The normalized spacial score (nSPS) is 18.1. The summed E-state index contributed by atoms with van der Waals surface area (Å²) in [4.78, 5) is 89.9. The predicted octanol–water partition coefficient (Wildman–Crippen LogP) is 2.97. The average Bonchev–Trinajstić information content (AvgIpc) is 3.71. The number of aromatic nitrogens is 2. The van der Waals surface area contributed by atoms with Crippen molar-refractivity contribution in [1.29, 1.82) is 0 Å². The maximum Gasteiger partial charge on any atom is 0.329 e. The smallest absolute Gasteiger partial charge is 0.329 e. The zero-order valence-corrected chi connectivity index (χ0v) is 36.0. The van der Waals surface area contributed by atoms with E-state index in [1.807, 2.05) is 67.6 Å². The summed E-state index contributed by atoms with van der Waals surface area (Å²) in [6, 6.07) is 17.8. The standard InChI is InChI=1S/C47H57N7O9/c1-29(35(18-21-40(48)55)50-46(60)39-26-34-11-3-9-33-10-4-12-43(58)54(39)44(33)34)63-27-32-15-13-30(14-16-32)7-5-23-49-42(57)28-62-24-6-8-31-17-19-36-38(25-31)52(2)47(61)53(36)37-20-22-41(56)51-45(37)59/h3,9,11,13-17,19,25,29,35,37,39H,4-8,10,12,18,20-24,26-28H2,1-2H3,(H2,48,55)(H,49,57)(H,50,60)(H,51,56,59)/t29-,35+,37?,39+/m1/s1. The van der Waals surface area contributed by atoms with E-state index in [0.717, 1.165) is 59.2 Å². The van der Waals surface area contributed by atoms with Crippen LogP contribution in [0.25, 0.3) is 11.0 Å². The van der Waals surface area contributed by atoms with E-state index >= 15 is 0 Å². The number of anilines is 1. The number of fused-ring (bicyclic) bond motifs is 1. The second kappa shape index (κ2) is 20.4. The van der Waals surface area contributed by atoms with E-state index in [0.29, 0.717) is 62.9 Å². The van der Waals surface area contributed by atoms with Gasteiger partial charge < -0.3 is 25.8 Å². The molecule has 16 nitrogen and oxygen atoms in total. The third-order valence-corrected chi connectivity index (χ3v) is 12.3. The Morgan fingerprint density at radius 3 is 2.43 bits per heavy atom. The van der Waals surface area contributed by atoms with Gasteiger partial charge in [0.05, 0.1) is 35.5 Å². The Morgan fingerprint density at radius 1 is 0.905 bits per heavy atom. The van der Waals surface area contributed by atoms with E-state index in [4.69, 9.17) is 15.2 Å². The predicted molar refractivity (Wildman–Crippen MR) is 234 cm³/mol. The fourth-order valence-electron chi connectivity index (χ4n) is 8.89. The van der Waals surface area contributed by atoms with Crippen LogP contribution in [0.15, 0.2) is 65.5 Å². The number of carbonyl (C=O) groups is 6. The highest BCUT2D eigenvalue weighted by atomic mass is 16.5. The van der Waals surface area contributed by atoms with Crippen molar-refractivity contribution in [1.82, 2.24) is 25.1 Å². The summed E-state index contributed by atoms with van der Waals surface area (Å²) in [6.45, 7) is 2.99. The van der Waals surface area contributed by atoms with Gasteiger partial charge in [0.25, 0.3) is 0 Å². The molecule has 4 heterocycles. The number of primary amides is 1. The molecule has 4 atom stereocenters. The molecule has 0 radical (unpaired) electrons. The van der Waals surface area contributed by atoms with Gasteiger partial charge in [0, 0.05) is 45.9 Å². The maximum atomic E-state index is 13.8. The Balaban J connectivity index is 0.798. The summed E-state index contributed by atoms with van der Waals surface area (Å²) in [6.07, 6.45) is 5.63. The lowest BCUT2D eigenvalue weighted by atomic mass is 10.0. The fraction of sp³-hybridized carbons (Fsp3) is 0.468. The Labute approximate surface area is 365 Å². The van der Waals surface area contributed by atoms with Crippen LogP contribution < -0.4 is 32.3 Å². The summed E-state index contributed by atoms with van der Waals surface area (Å²) in [5.74, 6) is -1.78. The van der Waals surface area contributed by atoms with Gasteiger partial charge in [-0.1, -0.05) is 48.5 Å². The molecule has 1 unspecified atom stereocenters. The second-order valence-corrected chi connectivity index (χ2v) is 16.8. The Morgan fingerprint density at radius 2 is 1.65 bits per heavy atom. The number of nitrogens with zero attached hydrogens (tertiary/aromatic N) is 3. The third kappa shape index (κ3) is 10.7. The number of aryl methyl sites for hydroxylation is 4. The molecule has 63 heavy (non-hydrogen) atoms. The van der Waals surface area contributed by atoms with Crippen molar-refractivity contribution in [3.05, 3.63) is 99.0 Å².